The van der Waals surface area contributed by atoms with Gasteiger partial charge < -0.3 is 15.8 Å². The smallest absolute Gasteiger partial charge is 0.237 e. The molecule has 0 radical (unpaired) electrons. The lowest BCUT2D eigenvalue weighted by Crippen LogP contribution is -2.53. The van der Waals surface area contributed by atoms with Crippen LogP contribution in [0.1, 0.15) is 59.8 Å². The molecule has 1 heterocycles. The first-order valence-corrected chi connectivity index (χ1v) is 7.68. The van der Waals surface area contributed by atoms with Gasteiger partial charge in [0.25, 0.3) is 0 Å². The van der Waals surface area contributed by atoms with Crippen LogP contribution in [0.25, 0.3) is 0 Å². The summed E-state index contributed by atoms with van der Waals surface area (Å²) in [6.07, 6.45) is 4.70. The van der Waals surface area contributed by atoms with Crippen LogP contribution in [-0.4, -0.2) is 30.2 Å². The van der Waals surface area contributed by atoms with Crippen molar-refractivity contribution in [3.8, 4) is 0 Å². The minimum absolute atomic E-state index is 0.0117. The van der Waals surface area contributed by atoms with Crippen LogP contribution in [0.5, 0.6) is 0 Å². The zero-order valence-electron chi connectivity index (χ0n) is 12.9. The van der Waals surface area contributed by atoms with Gasteiger partial charge in [0.1, 0.15) is 0 Å². The molecule has 1 amide bonds. The Balaban J connectivity index is 2.55. The third-order valence-electron chi connectivity index (χ3n) is 4.69. The number of ether oxygens (including phenoxy) is 1. The Morgan fingerprint density at radius 3 is 2.58 bits per heavy atom. The molecule has 19 heavy (non-hydrogen) atoms. The van der Waals surface area contributed by atoms with E-state index >= 15 is 0 Å². The van der Waals surface area contributed by atoms with Crippen LogP contribution < -0.4 is 11.1 Å². The summed E-state index contributed by atoms with van der Waals surface area (Å²) in [6.45, 7) is 9.12. The van der Waals surface area contributed by atoms with Gasteiger partial charge in [-0.1, -0.05) is 34.1 Å². The predicted molar refractivity (Wildman–Crippen MR) is 77.9 cm³/mol. The van der Waals surface area contributed by atoms with E-state index in [1.54, 1.807) is 0 Å². The normalized spacial score (nSPS) is 25.6. The molecular weight excluding hydrogens is 240 g/mol. The molecule has 1 saturated heterocycles. The molecule has 1 rings (SSSR count). The average molecular weight is 270 g/mol. The largest absolute Gasteiger partial charge is 0.375 e. The molecule has 1 aliphatic heterocycles. The molecule has 1 fully saturated rings. The molecule has 3 atom stereocenters. The molecule has 0 aromatic carbocycles. The van der Waals surface area contributed by atoms with E-state index in [-0.39, 0.29) is 23.5 Å². The van der Waals surface area contributed by atoms with Crippen molar-refractivity contribution in [3.63, 3.8) is 0 Å². The second-order valence-electron chi connectivity index (χ2n) is 5.85. The number of nitrogens with two attached hydrogens (primary N) is 1. The van der Waals surface area contributed by atoms with Crippen molar-refractivity contribution in [3.05, 3.63) is 0 Å². The Labute approximate surface area is 117 Å². The van der Waals surface area contributed by atoms with Crippen molar-refractivity contribution < 1.29 is 9.53 Å². The predicted octanol–water partition coefficient (Wildman–Crippen LogP) is 2.21. The molecule has 112 valence electrons. The lowest BCUT2D eigenvalue weighted by molar-refractivity contribution is -0.128. The van der Waals surface area contributed by atoms with Crippen molar-refractivity contribution in [1.82, 2.24) is 5.32 Å². The number of carbonyl (C=O) groups excluding carboxylic acids is 1. The number of amides is 1. The zero-order valence-corrected chi connectivity index (χ0v) is 12.9. The van der Waals surface area contributed by atoms with Crippen LogP contribution >= 0.6 is 0 Å². The summed E-state index contributed by atoms with van der Waals surface area (Å²) >= 11 is 0. The quantitative estimate of drug-likeness (QED) is 0.778. The monoisotopic (exact) mass is 270 g/mol. The van der Waals surface area contributed by atoms with E-state index in [1.165, 1.54) is 0 Å². The number of nitrogens with one attached hydrogen (secondary N) is 1. The van der Waals surface area contributed by atoms with E-state index in [0.29, 0.717) is 0 Å². The Morgan fingerprint density at radius 1 is 1.42 bits per heavy atom. The van der Waals surface area contributed by atoms with E-state index in [9.17, 15) is 4.79 Å². The van der Waals surface area contributed by atoms with E-state index in [2.05, 4.69) is 26.1 Å². The van der Waals surface area contributed by atoms with E-state index < -0.39 is 6.04 Å². The van der Waals surface area contributed by atoms with E-state index in [4.69, 9.17) is 10.5 Å². The molecule has 0 bridgehead atoms. The van der Waals surface area contributed by atoms with Crippen LogP contribution in [0.15, 0.2) is 0 Å². The molecule has 0 aromatic rings. The van der Waals surface area contributed by atoms with Crippen LogP contribution in [0.4, 0.5) is 0 Å². The highest BCUT2D eigenvalue weighted by Gasteiger charge is 2.35. The van der Waals surface area contributed by atoms with Gasteiger partial charge in [-0.05, 0) is 31.6 Å². The van der Waals surface area contributed by atoms with Gasteiger partial charge in [0.05, 0.1) is 11.6 Å². The minimum Gasteiger partial charge on any atom is -0.375 e. The van der Waals surface area contributed by atoms with Crippen LogP contribution in [-0.2, 0) is 9.53 Å². The number of carbonyl (C=O) groups is 1. The van der Waals surface area contributed by atoms with Crippen LogP contribution in [0.3, 0.4) is 0 Å². The first-order chi connectivity index (χ1) is 8.98. The lowest BCUT2D eigenvalue weighted by Gasteiger charge is -2.40. The van der Waals surface area contributed by atoms with Gasteiger partial charge in [-0.15, -0.1) is 0 Å². The standard InChI is InChI=1S/C15H30N2O2/c1-5-11(4)13(16)14(18)17-12-8-9-19-15(6-2,7-3)10-12/h11-13H,5-10,16H2,1-4H3,(H,17,18). The second-order valence-corrected chi connectivity index (χ2v) is 5.85. The van der Waals surface area contributed by atoms with Gasteiger partial charge >= 0.3 is 0 Å². The maximum absolute atomic E-state index is 12.1. The van der Waals surface area contributed by atoms with Gasteiger partial charge in [0.2, 0.25) is 5.91 Å². The maximum atomic E-state index is 12.1. The summed E-state index contributed by atoms with van der Waals surface area (Å²) in [4.78, 5) is 12.1. The number of hydrogen-bond donors (Lipinski definition) is 2. The molecule has 1 aliphatic rings. The zero-order chi connectivity index (χ0) is 14.5. The number of rotatable bonds is 6. The SMILES string of the molecule is CCC(C)C(N)C(=O)NC1CCOC(CC)(CC)C1. The molecule has 4 heteroatoms. The van der Waals surface area contributed by atoms with Crippen molar-refractivity contribution >= 4 is 5.91 Å². The lowest BCUT2D eigenvalue weighted by atomic mass is 9.85. The van der Waals surface area contributed by atoms with Gasteiger partial charge in [-0.3, -0.25) is 4.79 Å². The highest BCUT2D eigenvalue weighted by Crippen LogP contribution is 2.31. The van der Waals surface area contributed by atoms with Gasteiger partial charge in [0, 0.05) is 12.6 Å². The molecular formula is C15H30N2O2. The summed E-state index contributed by atoms with van der Waals surface area (Å²) in [7, 11) is 0. The van der Waals surface area contributed by atoms with Gasteiger partial charge in [0.15, 0.2) is 0 Å². The number of hydrogen-bond acceptors (Lipinski definition) is 3. The third-order valence-corrected chi connectivity index (χ3v) is 4.69. The summed E-state index contributed by atoms with van der Waals surface area (Å²) in [5.41, 5.74) is 5.92. The van der Waals surface area contributed by atoms with Crippen molar-refractivity contribution in [2.45, 2.75) is 77.5 Å². The molecule has 3 N–H and O–H groups in total. The van der Waals surface area contributed by atoms with Gasteiger partial charge in [-0.25, -0.2) is 0 Å². The highest BCUT2D eigenvalue weighted by molar-refractivity contribution is 5.82. The Morgan fingerprint density at radius 2 is 2.05 bits per heavy atom. The fourth-order valence-electron chi connectivity index (χ4n) is 2.70. The van der Waals surface area contributed by atoms with Crippen molar-refractivity contribution in [1.29, 1.82) is 0 Å². The summed E-state index contributed by atoms with van der Waals surface area (Å²) in [5.74, 6) is 0.212. The average Bonchev–Trinajstić information content (AvgIpc) is 2.45. The maximum Gasteiger partial charge on any atom is 0.237 e. The Kier molecular flexibility index (Phi) is 6.27. The molecule has 0 spiro atoms. The fourth-order valence-corrected chi connectivity index (χ4v) is 2.70. The third kappa shape index (κ3) is 4.18. The first kappa shape index (κ1) is 16.4. The molecule has 4 nitrogen and oxygen atoms in total. The van der Waals surface area contributed by atoms with E-state index in [0.717, 1.165) is 38.7 Å². The molecule has 0 saturated carbocycles. The molecule has 0 aromatic heterocycles. The highest BCUT2D eigenvalue weighted by atomic mass is 16.5. The topological polar surface area (TPSA) is 64.4 Å². The second kappa shape index (κ2) is 7.25. The van der Waals surface area contributed by atoms with Gasteiger partial charge in [-0.2, -0.15) is 0 Å². The molecule has 0 aliphatic carbocycles. The Hall–Kier alpha value is -0.610. The van der Waals surface area contributed by atoms with Crippen molar-refractivity contribution in [2.24, 2.45) is 11.7 Å². The molecule has 3 unspecified atom stereocenters. The fraction of sp³-hybridized carbons (Fsp3) is 0.933. The Bertz CT molecular complexity index is 290. The van der Waals surface area contributed by atoms with Crippen molar-refractivity contribution in [2.75, 3.05) is 6.61 Å². The summed E-state index contributed by atoms with van der Waals surface area (Å²) in [6, 6.07) is -0.193. The van der Waals surface area contributed by atoms with Crippen LogP contribution in [0, 0.1) is 5.92 Å². The van der Waals surface area contributed by atoms with E-state index in [1.807, 2.05) is 6.92 Å². The minimum atomic E-state index is -0.398. The first-order valence-electron chi connectivity index (χ1n) is 7.68. The summed E-state index contributed by atoms with van der Waals surface area (Å²) < 4.78 is 5.92. The van der Waals surface area contributed by atoms with Crippen LogP contribution in [0.2, 0.25) is 0 Å². The summed E-state index contributed by atoms with van der Waals surface area (Å²) in [5, 5.41) is 3.11.